The number of rotatable bonds is 3. The zero-order chi connectivity index (χ0) is 12.7. The van der Waals surface area contributed by atoms with Crippen LogP contribution in [-0.2, 0) is 0 Å². The Bertz CT molecular complexity index is 501. The Morgan fingerprint density at radius 1 is 1.50 bits per heavy atom. The number of anilines is 1. The molecule has 2 aliphatic carbocycles. The summed E-state index contributed by atoms with van der Waals surface area (Å²) in [6.45, 7) is 2.21. The molecule has 2 N–H and O–H groups in total. The van der Waals surface area contributed by atoms with E-state index in [-0.39, 0.29) is 5.56 Å². The summed E-state index contributed by atoms with van der Waals surface area (Å²) < 4.78 is 0.500. The van der Waals surface area contributed by atoms with Crippen LogP contribution in [0.25, 0.3) is 0 Å². The van der Waals surface area contributed by atoms with Gasteiger partial charge in [0.1, 0.15) is 10.3 Å². The lowest BCUT2D eigenvalue weighted by atomic mass is 9.84. The summed E-state index contributed by atoms with van der Waals surface area (Å²) in [5, 5.41) is 3.40. The third-order valence-corrected chi connectivity index (χ3v) is 5.33. The van der Waals surface area contributed by atoms with Crippen molar-refractivity contribution in [3.63, 3.8) is 0 Å². The van der Waals surface area contributed by atoms with Crippen LogP contribution in [0.5, 0.6) is 0 Å². The number of H-pyrrole nitrogens is 1. The van der Waals surface area contributed by atoms with Crippen molar-refractivity contribution >= 4 is 21.7 Å². The van der Waals surface area contributed by atoms with Gasteiger partial charge in [-0.3, -0.25) is 4.79 Å². The molecular weight excluding hydrogens is 294 g/mol. The largest absolute Gasteiger partial charge is 0.366 e. The first kappa shape index (κ1) is 12.2. The highest BCUT2D eigenvalue weighted by Gasteiger charge is 2.41. The van der Waals surface area contributed by atoms with Gasteiger partial charge in [-0.1, -0.05) is 6.42 Å². The molecule has 98 valence electrons. The summed E-state index contributed by atoms with van der Waals surface area (Å²) in [7, 11) is 0. The fourth-order valence-corrected chi connectivity index (χ4v) is 4.04. The average molecular weight is 312 g/mol. The smallest absolute Gasteiger partial charge is 0.267 e. The predicted molar refractivity (Wildman–Crippen MR) is 74.6 cm³/mol. The number of hydrogen-bond donors (Lipinski definition) is 2. The van der Waals surface area contributed by atoms with Gasteiger partial charge in [0, 0.05) is 6.04 Å². The minimum Gasteiger partial charge on any atom is -0.366 e. The molecule has 3 rings (SSSR count). The quantitative estimate of drug-likeness (QED) is 0.902. The highest BCUT2D eigenvalue weighted by atomic mass is 79.9. The number of aromatic nitrogens is 2. The first-order chi connectivity index (χ1) is 8.65. The van der Waals surface area contributed by atoms with Crippen LogP contribution in [0.4, 0.5) is 5.82 Å². The molecular formula is C13H18BrN3O. The molecule has 2 fully saturated rings. The Balaban J connectivity index is 1.73. The summed E-state index contributed by atoms with van der Waals surface area (Å²) >= 11 is 3.29. The lowest BCUT2D eigenvalue weighted by Gasteiger charge is -2.29. The fourth-order valence-electron chi connectivity index (χ4n) is 3.71. The van der Waals surface area contributed by atoms with Gasteiger partial charge in [0.2, 0.25) is 0 Å². The zero-order valence-corrected chi connectivity index (χ0v) is 12.0. The monoisotopic (exact) mass is 311 g/mol. The van der Waals surface area contributed by atoms with Gasteiger partial charge >= 0.3 is 0 Å². The van der Waals surface area contributed by atoms with Crippen LogP contribution in [0.15, 0.2) is 15.6 Å². The molecule has 0 radical (unpaired) electrons. The number of nitrogens with zero attached hydrogens (tertiary/aromatic N) is 1. The standard InChI is InChI=1S/C13H18BrN3O/c1-7(10-5-8-2-3-9(10)4-8)17-12-11(14)13(18)16-6-15-12/h6-10H,2-5H2,1H3,(H2,15,16,17,18). The molecule has 0 spiro atoms. The zero-order valence-electron chi connectivity index (χ0n) is 10.4. The third-order valence-electron chi connectivity index (χ3n) is 4.60. The number of aromatic amines is 1. The van der Waals surface area contributed by atoms with Crippen LogP contribution in [0, 0.1) is 17.8 Å². The third kappa shape index (κ3) is 2.09. The van der Waals surface area contributed by atoms with E-state index >= 15 is 0 Å². The van der Waals surface area contributed by atoms with E-state index in [4.69, 9.17) is 0 Å². The minimum atomic E-state index is -0.132. The van der Waals surface area contributed by atoms with Crippen molar-refractivity contribution in [3.05, 3.63) is 21.2 Å². The van der Waals surface area contributed by atoms with Crippen LogP contribution >= 0.6 is 15.9 Å². The van der Waals surface area contributed by atoms with E-state index in [9.17, 15) is 4.79 Å². The second-order valence-corrected chi connectivity index (χ2v) is 6.46. The summed E-state index contributed by atoms with van der Waals surface area (Å²) in [6.07, 6.45) is 6.98. The maximum Gasteiger partial charge on any atom is 0.267 e. The molecule has 4 unspecified atom stereocenters. The SMILES string of the molecule is CC(Nc1nc[nH]c(=O)c1Br)C1CC2CCC1C2. The Morgan fingerprint density at radius 3 is 3.00 bits per heavy atom. The second-order valence-electron chi connectivity index (χ2n) is 5.67. The van der Waals surface area contributed by atoms with Crippen LogP contribution in [-0.4, -0.2) is 16.0 Å². The van der Waals surface area contributed by atoms with Crippen LogP contribution in [0.1, 0.15) is 32.6 Å². The van der Waals surface area contributed by atoms with Gasteiger partial charge in [0.15, 0.2) is 0 Å². The second kappa shape index (κ2) is 4.68. The van der Waals surface area contributed by atoms with Gasteiger partial charge in [-0.25, -0.2) is 4.98 Å². The van der Waals surface area contributed by atoms with Crippen LogP contribution < -0.4 is 10.9 Å². The maximum absolute atomic E-state index is 11.5. The fraction of sp³-hybridized carbons (Fsp3) is 0.692. The predicted octanol–water partition coefficient (Wildman–Crippen LogP) is 2.77. The molecule has 1 heterocycles. The van der Waals surface area contributed by atoms with Crippen LogP contribution in [0.3, 0.4) is 0 Å². The number of fused-ring (bicyclic) bond motifs is 2. The van der Waals surface area contributed by atoms with Crippen molar-refractivity contribution in [3.8, 4) is 0 Å². The molecule has 0 aliphatic heterocycles. The first-order valence-electron chi connectivity index (χ1n) is 6.65. The molecule has 5 heteroatoms. The molecule has 0 amide bonds. The van der Waals surface area contributed by atoms with Gasteiger partial charge < -0.3 is 10.3 Å². The average Bonchev–Trinajstić information content (AvgIpc) is 2.97. The minimum absolute atomic E-state index is 0.132. The molecule has 4 atom stereocenters. The van der Waals surface area contributed by atoms with E-state index in [0.29, 0.717) is 16.3 Å². The normalized spacial score (nSPS) is 31.6. The molecule has 1 aromatic rings. The molecule has 2 aliphatic rings. The van der Waals surface area contributed by atoms with Crippen molar-refractivity contribution in [2.24, 2.45) is 17.8 Å². The molecule has 1 aromatic heterocycles. The Labute approximate surface area is 115 Å². The van der Waals surface area contributed by atoms with Crippen molar-refractivity contribution in [2.75, 3.05) is 5.32 Å². The Morgan fingerprint density at radius 2 is 2.33 bits per heavy atom. The van der Waals surface area contributed by atoms with Crippen LogP contribution in [0.2, 0.25) is 0 Å². The van der Waals surface area contributed by atoms with E-state index < -0.39 is 0 Å². The first-order valence-corrected chi connectivity index (χ1v) is 7.44. The summed E-state index contributed by atoms with van der Waals surface area (Å²) in [6, 6.07) is 0.380. The summed E-state index contributed by atoms with van der Waals surface area (Å²) in [4.78, 5) is 18.2. The molecule has 4 nitrogen and oxygen atoms in total. The molecule has 18 heavy (non-hydrogen) atoms. The highest BCUT2D eigenvalue weighted by molar-refractivity contribution is 9.10. The lowest BCUT2D eigenvalue weighted by Crippen LogP contribution is -2.31. The highest BCUT2D eigenvalue weighted by Crippen LogP contribution is 2.49. The lowest BCUT2D eigenvalue weighted by molar-refractivity contribution is 0.304. The molecule has 0 aromatic carbocycles. The number of hydrogen-bond acceptors (Lipinski definition) is 3. The van der Waals surface area contributed by atoms with Gasteiger partial charge in [0.05, 0.1) is 6.33 Å². The van der Waals surface area contributed by atoms with Gasteiger partial charge in [-0.15, -0.1) is 0 Å². The summed E-state index contributed by atoms with van der Waals surface area (Å²) in [5.41, 5.74) is -0.132. The molecule has 0 saturated heterocycles. The van der Waals surface area contributed by atoms with Crippen molar-refractivity contribution < 1.29 is 0 Å². The molecule has 2 bridgehead atoms. The number of halogens is 1. The van der Waals surface area contributed by atoms with Gasteiger partial charge in [-0.05, 0) is 59.9 Å². The van der Waals surface area contributed by atoms with Gasteiger partial charge in [-0.2, -0.15) is 0 Å². The van der Waals surface area contributed by atoms with E-state index in [1.165, 1.54) is 32.0 Å². The van der Waals surface area contributed by atoms with E-state index in [2.05, 4.69) is 38.1 Å². The van der Waals surface area contributed by atoms with Crippen molar-refractivity contribution in [1.82, 2.24) is 9.97 Å². The van der Waals surface area contributed by atoms with Crippen molar-refractivity contribution in [2.45, 2.75) is 38.6 Å². The van der Waals surface area contributed by atoms with Gasteiger partial charge in [0.25, 0.3) is 5.56 Å². The Hall–Kier alpha value is -0.840. The van der Waals surface area contributed by atoms with E-state index in [1.54, 1.807) is 0 Å². The maximum atomic E-state index is 11.5. The van der Waals surface area contributed by atoms with E-state index in [0.717, 1.165) is 17.8 Å². The Kier molecular flexibility index (Phi) is 3.18. The molecule has 2 saturated carbocycles. The summed E-state index contributed by atoms with van der Waals surface area (Å²) in [5.74, 6) is 3.21. The number of nitrogens with one attached hydrogen (secondary N) is 2. The van der Waals surface area contributed by atoms with E-state index in [1.807, 2.05) is 0 Å². The topological polar surface area (TPSA) is 57.8 Å². The van der Waals surface area contributed by atoms with Crippen molar-refractivity contribution in [1.29, 1.82) is 0 Å².